The number of hydrogen-bond donors (Lipinski definition) is 2. The van der Waals surface area contributed by atoms with Crippen LogP contribution < -0.4 is 10.1 Å². The van der Waals surface area contributed by atoms with Gasteiger partial charge in [0.15, 0.2) is 0 Å². The summed E-state index contributed by atoms with van der Waals surface area (Å²) in [6.07, 6.45) is 2.99. The number of carboxylic acids is 1. The molecule has 1 aromatic carbocycles. The van der Waals surface area contributed by atoms with Crippen LogP contribution >= 0.6 is 0 Å². The highest BCUT2D eigenvalue weighted by molar-refractivity contribution is 5.72. The van der Waals surface area contributed by atoms with Crippen LogP contribution in [0.2, 0.25) is 0 Å². The summed E-state index contributed by atoms with van der Waals surface area (Å²) in [5.41, 5.74) is 0. The molecule has 1 atom stereocenters. The molecule has 0 saturated carbocycles. The molecule has 0 radical (unpaired) electrons. The van der Waals surface area contributed by atoms with Crippen molar-refractivity contribution in [2.75, 3.05) is 13.2 Å². The van der Waals surface area contributed by atoms with Gasteiger partial charge >= 0.3 is 5.97 Å². The summed E-state index contributed by atoms with van der Waals surface area (Å²) >= 11 is 0. The van der Waals surface area contributed by atoms with E-state index in [4.69, 9.17) is 9.84 Å². The van der Waals surface area contributed by atoms with E-state index in [-0.39, 0.29) is 0 Å². The Morgan fingerprint density at radius 1 is 1.28 bits per heavy atom. The normalized spacial score (nSPS) is 12.1. The van der Waals surface area contributed by atoms with Crippen LogP contribution in [0.4, 0.5) is 0 Å². The second kappa shape index (κ2) is 8.53. The molecule has 0 unspecified atom stereocenters. The first-order valence-electron chi connectivity index (χ1n) is 6.34. The van der Waals surface area contributed by atoms with E-state index in [9.17, 15) is 4.79 Å². The van der Waals surface area contributed by atoms with E-state index in [2.05, 4.69) is 5.32 Å². The molecule has 4 nitrogen and oxygen atoms in total. The predicted molar refractivity (Wildman–Crippen MR) is 70.9 cm³/mol. The number of carbonyl (C=O) groups is 1. The first-order chi connectivity index (χ1) is 8.70. The van der Waals surface area contributed by atoms with E-state index in [1.807, 2.05) is 30.3 Å². The van der Waals surface area contributed by atoms with Gasteiger partial charge in [-0.15, -0.1) is 0 Å². The third-order valence-corrected chi connectivity index (χ3v) is 2.65. The van der Waals surface area contributed by atoms with Crippen LogP contribution in [-0.4, -0.2) is 30.3 Å². The topological polar surface area (TPSA) is 58.6 Å². The van der Waals surface area contributed by atoms with Crippen molar-refractivity contribution in [3.63, 3.8) is 0 Å². The van der Waals surface area contributed by atoms with Crippen molar-refractivity contribution in [3.05, 3.63) is 30.3 Å². The smallest absolute Gasteiger partial charge is 0.320 e. The average molecular weight is 251 g/mol. The zero-order chi connectivity index (χ0) is 13.2. The molecule has 0 aliphatic heterocycles. The fraction of sp³-hybridized carbons (Fsp3) is 0.500. The van der Waals surface area contributed by atoms with Crippen LogP contribution in [0.1, 0.15) is 26.2 Å². The Morgan fingerprint density at radius 3 is 2.67 bits per heavy atom. The van der Waals surface area contributed by atoms with Gasteiger partial charge in [0.05, 0.1) is 6.61 Å². The average Bonchev–Trinajstić information content (AvgIpc) is 2.38. The van der Waals surface area contributed by atoms with Crippen LogP contribution in [0, 0.1) is 0 Å². The van der Waals surface area contributed by atoms with Crippen molar-refractivity contribution in [2.24, 2.45) is 0 Å². The maximum atomic E-state index is 10.5. The lowest BCUT2D eigenvalue weighted by atomic mass is 10.2. The standard InChI is InChI=1S/C14H21NO3/c1-12(14(16)17)15-10-6-3-7-11-18-13-8-4-2-5-9-13/h2,4-5,8-9,12,15H,3,6-7,10-11H2,1H3,(H,16,17)/t12-/m0/s1. The molecule has 0 fully saturated rings. The van der Waals surface area contributed by atoms with E-state index >= 15 is 0 Å². The molecule has 100 valence electrons. The number of para-hydroxylation sites is 1. The van der Waals surface area contributed by atoms with Crippen molar-refractivity contribution in [3.8, 4) is 5.75 Å². The Balaban J connectivity index is 1.95. The molecule has 0 saturated heterocycles. The Hall–Kier alpha value is -1.55. The van der Waals surface area contributed by atoms with E-state index in [1.54, 1.807) is 6.92 Å². The van der Waals surface area contributed by atoms with E-state index in [0.29, 0.717) is 6.61 Å². The lowest BCUT2D eigenvalue weighted by molar-refractivity contribution is -0.138. The number of nitrogens with one attached hydrogen (secondary N) is 1. The van der Waals surface area contributed by atoms with Gasteiger partial charge in [0.25, 0.3) is 0 Å². The number of ether oxygens (including phenoxy) is 1. The minimum atomic E-state index is -0.803. The minimum Gasteiger partial charge on any atom is -0.494 e. The third-order valence-electron chi connectivity index (χ3n) is 2.65. The zero-order valence-electron chi connectivity index (χ0n) is 10.8. The Labute approximate surface area is 108 Å². The number of hydrogen-bond acceptors (Lipinski definition) is 3. The van der Waals surface area contributed by atoms with Crippen molar-refractivity contribution in [2.45, 2.75) is 32.2 Å². The van der Waals surface area contributed by atoms with Gasteiger partial charge < -0.3 is 15.2 Å². The highest BCUT2D eigenvalue weighted by atomic mass is 16.5. The van der Waals surface area contributed by atoms with Gasteiger partial charge in [-0.05, 0) is 44.9 Å². The van der Waals surface area contributed by atoms with Crippen LogP contribution in [0.15, 0.2) is 30.3 Å². The summed E-state index contributed by atoms with van der Waals surface area (Å²) in [6, 6.07) is 9.28. The SMILES string of the molecule is C[C@H](NCCCCCOc1ccccc1)C(=O)O. The number of carboxylic acid groups (broad SMARTS) is 1. The molecule has 18 heavy (non-hydrogen) atoms. The number of aliphatic carboxylic acids is 1. The molecule has 1 rings (SSSR count). The Morgan fingerprint density at radius 2 is 2.00 bits per heavy atom. The van der Waals surface area contributed by atoms with Crippen LogP contribution in [0.25, 0.3) is 0 Å². The second-order valence-corrected chi connectivity index (χ2v) is 4.24. The van der Waals surface area contributed by atoms with Crippen LogP contribution in [0.5, 0.6) is 5.75 Å². The molecule has 0 bridgehead atoms. The molecule has 1 aromatic rings. The van der Waals surface area contributed by atoms with Gasteiger partial charge in [-0.3, -0.25) is 4.79 Å². The Kier molecular flexibility index (Phi) is 6.87. The predicted octanol–water partition coefficient (Wildman–Crippen LogP) is 2.30. The van der Waals surface area contributed by atoms with Gasteiger partial charge in [-0.2, -0.15) is 0 Å². The zero-order valence-corrected chi connectivity index (χ0v) is 10.8. The molecule has 2 N–H and O–H groups in total. The molecule has 0 aromatic heterocycles. The van der Waals surface area contributed by atoms with Crippen molar-refractivity contribution >= 4 is 5.97 Å². The third kappa shape index (κ3) is 6.25. The molecule has 0 heterocycles. The van der Waals surface area contributed by atoms with E-state index < -0.39 is 12.0 Å². The van der Waals surface area contributed by atoms with E-state index in [0.717, 1.165) is 31.6 Å². The fourth-order valence-electron chi connectivity index (χ4n) is 1.52. The number of rotatable bonds is 9. The van der Waals surface area contributed by atoms with Gasteiger partial charge in [-0.1, -0.05) is 18.2 Å². The minimum absolute atomic E-state index is 0.467. The highest BCUT2D eigenvalue weighted by Crippen LogP contribution is 2.09. The molecule has 0 spiro atoms. The van der Waals surface area contributed by atoms with Crippen molar-refractivity contribution in [1.82, 2.24) is 5.32 Å². The van der Waals surface area contributed by atoms with Gasteiger partial charge in [0.2, 0.25) is 0 Å². The summed E-state index contributed by atoms with van der Waals surface area (Å²) in [4.78, 5) is 10.5. The summed E-state index contributed by atoms with van der Waals surface area (Å²) < 4.78 is 5.56. The summed E-state index contributed by atoms with van der Waals surface area (Å²) in [7, 11) is 0. The summed E-state index contributed by atoms with van der Waals surface area (Å²) in [6.45, 7) is 3.10. The molecular formula is C14H21NO3. The summed E-state index contributed by atoms with van der Waals surface area (Å²) in [5.74, 6) is 0.0949. The first-order valence-corrected chi connectivity index (χ1v) is 6.34. The highest BCUT2D eigenvalue weighted by Gasteiger charge is 2.07. The second-order valence-electron chi connectivity index (χ2n) is 4.24. The number of benzene rings is 1. The van der Waals surface area contributed by atoms with Crippen molar-refractivity contribution < 1.29 is 14.6 Å². The van der Waals surface area contributed by atoms with Crippen LogP contribution in [-0.2, 0) is 4.79 Å². The maximum Gasteiger partial charge on any atom is 0.320 e. The quantitative estimate of drug-likeness (QED) is 0.661. The monoisotopic (exact) mass is 251 g/mol. The molecule has 4 heteroatoms. The van der Waals surface area contributed by atoms with Gasteiger partial charge in [0.1, 0.15) is 11.8 Å². The maximum absolute atomic E-state index is 10.5. The first kappa shape index (κ1) is 14.5. The molecule has 0 aliphatic carbocycles. The fourth-order valence-corrected chi connectivity index (χ4v) is 1.52. The molecular weight excluding hydrogens is 230 g/mol. The largest absolute Gasteiger partial charge is 0.494 e. The molecule has 0 aliphatic rings. The summed E-state index contributed by atoms with van der Waals surface area (Å²) in [5, 5.41) is 11.6. The van der Waals surface area contributed by atoms with E-state index in [1.165, 1.54) is 0 Å². The lowest BCUT2D eigenvalue weighted by Gasteiger charge is -2.09. The number of unbranched alkanes of at least 4 members (excludes halogenated alkanes) is 2. The van der Waals surface area contributed by atoms with Crippen LogP contribution in [0.3, 0.4) is 0 Å². The lowest BCUT2D eigenvalue weighted by Crippen LogP contribution is -2.34. The Bertz CT molecular complexity index is 340. The van der Waals surface area contributed by atoms with Crippen molar-refractivity contribution in [1.29, 1.82) is 0 Å². The van der Waals surface area contributed by atoms with Gasteiger partial charge in [0, 0.05) is 0 Å². The van der Waals surface area contributed by atoms with Gasteiger partial charge in [-0.25, -0.2) is 0 Å². The molecule has 0 amide bonds.